The molecule has 6 heteroatoms. The van der Waals surface area contributed by atoms with Gasteiger partial charge in [-0.3, -0.25) is 5.32 Å². The largest absolute Gasteiger partial charge is 0.453 e. The Morgan fingerprint density at radius 2 is 2.64 bits per heavy atom. The number of aryl methyl sites for hydroxylation is 1. The molecule has 60 valence electrons. The van der Waals surface area contributed by atoms with E-state index in [1.54, 1.807) is 17.9 Å². The number of nitrogens with zero attached hydrogens (tertiary/aromatic N) is 2. The number of rotatable bonds is 1. The Kier molecular flexibility index (Phi) is 2.37. The second-order valence-corrected chi connectivity index (χ2v) is 2.64. The molecule has 1 amide bonds. The van der Waals surface area contributed by atoms with Crippen molar-refractivity contribution >= 4 is 22.6 Å². The molecule has 0 saturated heterocycles. The fourth-order valence-electron chi connectivity index (χ4n) is 0.532. The Hall–Kier alpha value is -1.17. The van der Waals surface area contributed by atoms with E-state index in [9.17, 15) is 4.79 Å². The van der Waals surface area contributed by atoms with Gasteiger partial charge < -0.3 is 4.74 Å². The molecule has 0 radical (unpaired) electrons. The molecule has 0 saturated carbocycles. The van der Waals surface area contributed by atoms with Crippen molar-refractivity contribution in [1.82, 2.24) is 4.49 Å². The van der Waals surface area contributed by atoms with Crippen LogP contribution in [0, 0.1) is 0 Å². The number of carbonyl (C=O) groups is 1. The van der Waals surface area contributed by atoms with E-state index >= 15 is 0 Å². The highest BCUT2D eigenvalue weighted by molar-refractivity contribution is 7.09. The number of hydrogen-bond acceptors (Lipinski definition) is 4. The summed E-state index contributed by atoms with van der Waals surface area (Å²) in [7, 11) is 3.09. The Morgan fingerprint density at radius 1 is 1.91 bits per heavy atom. The number of anilines is 1. The second kappa shape index (κ2) is 3.29. The summed E-state index contributed by atoms with van der Waals surface area (Å²) in [6.45, 7) is 0. The third kappa shape index (κ3) is 2.15. The van der Waals surface area contributed by atoms with Gasteiger partial charge in [-0.1, -0.05) is 4.68 Å². The van der Waals surface area contributed by atoms with Crippen LogP contribution in [-0.2, 0) is 11.8 Å². The summed E-state index contributed by atoms with van der Waals surface area (Å²) in [5.41, 5.74) is 0. The summed E-state index contributed by atoms with van der Waals surface area (Å²) < 4.78 is 9.88. The molecule has 1 heterocycles. The summed E-state index contributed by atoms with van der Waals surface area (Å²) in [6, 6.07) is 0. The first kappa shape index (κ1) is 7.93. The maximum Gasteiger partial charge on any atom is 0.412 e. The lowest BCUT2D eigenvalue weighted by molar-refractivity contribution is -0.722. The van der Waals surface area contributed by atoms with E-state index in [1.807, 2.05) is 0 Å². The lowest BCUT2D eigenvalue weighted by atomic mass is 10.8. The highest BCUT2D eigenvalue weighted by Crippen LogP contribution is 2.07. The minimum absolute atomic E-state index is 0.478. The predicted molar refractivity (Wildman–Crippen MR) is 39.3 cm³/mol. The third-order valence-electron chi connectivity index (χ3n) is 0.983. The third-order valence-corrected chi connectivity index (χ3v) is 1.73. The van der Waals surface area contributed by atoms with Gasteiger partial charge in [0.2, 0.25) is 6.20 Å². The van der Waals surface area contributed by atoms with Crippen LogP contribution >= 0.6 is 11.5 Å². The summed E-state index contributed by atoms with van der Waals surface area (Å²) in [5, 5.41) is 3.15. The van der Waals surface area contributed by atoms with Crippen LogP contribution < -0.4 is 10.00 Å². The standard InChI is InChI=1S/C5H7N3O2S/c1-8-3-4(11-7-8)6-5(9)10-2/h3H,1-2H3/p+1. The van der Waals surface area contributed by atoms with Gasteiger partial charge in [0.25, 0.3) is 0 Å². The van der Waals surface area contributed by atoms with Crippen LogP contribution in [-0.4, -0.2) is 17.7 Å². The number of aromatic nitrogens is 2. The molecular weight excluding hydrogens is 166 g/mol. The summed E-state index contributed by atoms with van der Waals surface area (Å²) in [6.07, 6.45) is 1.22. The average molecular weight is 174 g/mol. The first-order valence-electron chi connectivity index (χ1n) is 2.90. The molecule has 0 aliphatic rings. The summed E-state index contributed by atoms with van der Waals surface area (Å²) in [4.78, 5) is 10.6. The minimum Gasteiger partial charge on any atom is -0.453 e. The molecule has 1 aromatic rings. The zero-order chi connectivity index (χ0) is 8.27. The van der Waals surface area contributed by atoms with Crippen LogP contribution in [0.25, 0.3) is 0 Å². The number of ether oxygens (including phenoxy) is 1. The van der Waals surface area contributed by atoms with Crippen LogP contribution in [0.5, 0.6) is 0 Å². The van der Waals surface area contributed by atoms with Gasteiger partial charge in [-0.2, -0.15) is 0 Å². The highest BCUT2D eigenvalue weighted by Gasteiger charge is 2.07. The Morgan fingerprint density at radius 3 is 3.09 bits per heavy atom. The molecule has 1 N–H and O–H groups in total. The van der Waals surface area contributed by atoms with Crippen molar-refractivity contribution < 1.29 is 14.2 Å². The summed E-state index contributed by atoms with van der Waals surface area (Å²) >= 11 is 1.19. The van der Waals surface area contributed by atoms with E-state index in [-0.39, 0.29) is 0 Å². The SMILES string of the molecule is COC(=O)Nc1c[n+](C)ns1. The minimum atomic E-state index is -0.478. The molecule has 0 spiro atoms. The van der Waals surface area contributed by atoms with Gasteiger partial charge in [0.15, 0.2) is 12.0 Å². The molecule has 0 fully saturated rings. The zero-order valence-electron chi connectivity index (χ0n) is 6.20. The number of carbonyl (C=O) groups excluding carboxylic acids is 1. The van der Waals surface area contributed by atoms with Crippen LogP contribution in [0.2, 0.25) is 0 Å². The van der Waals surface area contributed by atoms with Crippen LogP contribution in [0.3, 0.4) is 0 Å². The van der Waals surface area contributed by atoms with Crippen molar-refractivity contribution in [3.63, 3.8) is 0 Å². The van der Waals surface area contributed by atoms with Gasteiger partial charge in [-0.25, -0.2) is 4.79 Å². The van der Waals surface area contributed by atoms with E-state index in [4.69, 9.17) is 0 Å². The van der Waals surface area contributed by atoms with Crippen molar-refractivity contribution in [3.05, 3.63) is 6.20 Å². The molecule has 0 bridgehead atoms. The van der Waals surface area contributed by atoms with Crippen LogP contribution in [0.4, 0.5) is 9.80 Å². The fraction of sp³-hybridized carbons (Fsp3) is 0.400. The van der Waals surface area contributed by atoms with Gasteiger partial charge >= 0.3 is 6.09 Å². The first-order valence-corrected chi connectivity index (χ1v) is 3.67. The second-order valence-electron chi connectivity index (χ2n) is 1.86. The Labute approximate surface area is 67.8 Å². The molecule has 0 unspecified atom stereocenters. The maximum atomic E-state index is 10.6. The summed E-state index contributed by atoms with van der Waals surface area (Å²) in [5.74, 6) is 0. The van der Waals surface area contributed by atoms with Crippen LogP contribution in [0.15, 0.2) is 6.20 Å². The predicted octanol–water partition coefficient (Wildman–Crippen LogP) is 0.146. The molecule has 0 aliphatic carbocycles. The van der Waals surface area contributed by atoms with Crippen molar-refractivity contribution in [3.8, 4) is 0 Å². The van der Waals surface area contributed by atoms with E-state index in [0.29, 0.717) is 5.00 Å². The van der Waals surface area contributed by atoms with Gasteiger partial charge in [0, 0.05) is 0 Å². The molecule has 1 aromatic heterocycles. The lowest BCUT2D eigenvalue weighted by Crippen LogP contribution is -2.27. The van der Waals surface area contributed by atoms with Crippen molar-refractivity contribution in [2.75, 3.05) is 12.4 Å². The van der Waals surface area contributed by atoms with E-state index in [2.05, 4.69) is 14.5 Å². The number of amides is 1. The lowest BCUT2D eigenvalue weighted by Gasteiger charge is -1.94. The number of hydrogen-bond donors (Lipinski definition) is 1. The Bertz CT molecular complexity index is 260. The molecule has 5 nitrogen and oxygen atoms in total. The van der Waals surface area contributed by atoms with Gasteiger partial charge in [-0.05, 0) is 0 Å². The molecule has 0 aromatic carbocycles. The van der Waals surface area contributed by atoms with Crippen molar-refractivity contribution in [2.24, 2.45) is 7.05 Å². The van der Waals surface area contributed by atoms with Crippen LogP contribution in [0.1, 0.15) is 0 Å². The van der Waals surface area contributed by atoms with Crippen molar-refractivity contribution in [2.45, 2.75) is 0 Å². The monoisotopic (exact) mass is 174 g/mol. The molecular formula is C5H8N3O2S+. The van der Waals surface area contributed by atoms with Gasteiger partial charge in [0.05, 0.1) is 23.1 Å². The number of methoxy groups -OCH3 is 1. The quantitative estimate of drug-likeness (QED) is 0.616. The average Bonchev–Trinajstić information content (AvgIpc) is 2.35. The number of nitrogens with one attached hydrogen (secondary N) is 1. The molecule has 0 aliphatic heterocycles. The van der Waals surface area contributed by atoms with E-state index in [0.717, 1.165) is 0 Å². The van der Waals surface area contributed by atoms with Gasteiger partial charge in [0.1, 0.15) is 0 Å². The molecule has 11 heavy (non-hydrogen) atoms. The molecule has 1 rings (SSSR count). The van der Waals surface area contributed by atoms with Crippen molar-refractivity contribution in [1.29, 1.82) is 0 Å². The van der Waals surface area contributed by atoms with E-state index in [1.165, 1.54) is 18.6 Å². The highest BCUT2D eigenvalue weighted by atomic mass is 32.1. The van der Waals surface area contributed by atoms with E-state index < -0.39 is 6.09 Å². The normalized spacial score (nSPS) is 9.27. The zero-order valence-corrected chi connectivity index (χ0v) is 7.01. The fourth-order valence-corrected chi connectivity index (χ4v) is 1.12. The smallest absolute Gasteiger partial charge is 0.412 e. The Balaban J connectivity index is 2.57. The maximum absolute atomic E-state index is 10.6. The van der Waals surface area contributed by atoms with Gasteiger partial charge in [-0.15, -0.1) is 0 Å². The topological polar surface area (TPSA) is 55.1 Å². The molecule has 0 atom stereocenters. The first-order chi connectivity index (χ1) is 5.22.